The predicted octanol–water partition coefficient (Wildman–Crippen LogP) is 4.34. The zero-order valence-electron chi connectivity index (χ0n) is 12.0. The lowest BCUT2D eigenvalue weighted by atomic mass is 10.1. The summed E-state index contributed by atoms with van der Waals surface area (Å²) in [6.45, 7) is 3.23. The fraction of sp³-hybridized carbons (Fsp3) is 0.438. The molecule has 0 radical (unpaired) electrons. The molecule has 2 nitrogen and oxygen atoms in total. The Kier molecular flexibility index (Phi) is 5.95. The quantitative estimate of drug-likeness (QED) is 0.676. The van der Waals surface area contributed by atoms with Crippen LogP contribution in [0.2, 0.25) is 0 Å². The Morgan fingerprint density at radius 3 is 2.65 bits per heavy atom. The van der Waals surface area contributed by atoms with Crippen LogP contribution in [0.25, 0.3) is 0 Å². The Hall–Kier alpha value is -0.970. The first kappa shape index (κ1) is 15.4. The monoisotopic (exact) mass is 307 g/mol. The van der Waals surface area contributed by atoms with E-state index < -0.39 is 0 Å². The lowest BCUT2D eigenvalue weighted by Gasteiger charge is -2.24. The van der Waals surface area contributed by atoms with Crippen LogP contribution in [0.3, 0.4) is 0 Å². The van der Waals surface area contributed by atoms with Crippen LogP contribution in [-0.4, -0.2) is 30.3 Å². The van der Waals surface area contributed by atoms with Crippen molar-refractivity contribution in [2.24, 2.45) is 0 Å². The van der Waals surface area contributed by atoms with Crippen LogP contribution in [0.15, 0.2) is 35.0 Å². The van der Waals surface area contributed by atoms with Crippen molar-refractivity contribution < 1.29 is 4.79 Å². The predicted molar refractivity (Wildman–Crippen MR) is 88.0 cm³/mol. The Morgan fingerprint density at radius 2 is 2.00 bits per heavy atom. The first-order valence-corrected chi connectivity index (χ1v) is 8.72. The van der Waals surface area contributed by atoms with Crippen molar-refractivity contribution in [1.82, 2.24) is 4.90 Å². The number of Topliss-reactive ketones (excluding diaryl/α,β-unsaturated/α-hetero) is 1. The minimum absolute atomic E-state index is 0.277. The second kappa shape index (κ2) is 7.72. The van der Waals surface area contributed by atoms with Crippen molar-refractivity contribution in [3.8, 4) is 0 Å². The third-order valence-corrected chi connectivity index (χ3v) is 5.35. The molecule has 2 aromatic rings. The van der Waals surface area contributed by atoms with Gasteiger partial charge >= 0.3 is 0 Å². The van der Waals surface area contributed by atoms with Crippen LogP contribution in [0.1, 0.15) is 34.3 Å². The van der Waals surface area contributed by atoms with E-state index in [1.807, 2.05) is 28.8 Å². The molecule has 0 fully saturated rings. The summed E-state index contributed by atoms with van der Waals surface area (Å²) in [7, 11) is 2.15. The highest BCUT2D eigenvalue weighted by atomic mass is 32.1. The van der Waals surface area contributed by atoms with E-state index in [9.17, 15) is 4.79 Å². The topological polar surface area (TPSA) is 20.3 Å². The summed E-state index contributed by atoms with van der Waals surface area (Å²) in [6, 6.07) is 8.66. The number of carbonyl (C=O) groups excluding carboxylic acids is 1. The van der Waals surface area contributed by atoms with Crippen LogP contribution in [0, 0.1) is 0 Å². The summed E-state index contributed by atoms with van der Waals surface area (Å²) >= 11 is 3.35. The molecule has 20 heavy (non-hydrogen) atoms. The Bertz CT molecular complexity index is 505. The van der Waals surface area contributed by atoms with Gasteiger partial charge in [0.2, 0.25) is 0 Å². The molecule has 0 amide bonds. The maximum atomic E-state index is 11.9. The second-order valence-corrected chi connectivity index (χ2v) is 7.10. The van der Waals surface area contributed by atoms with Crippen LogP contribution in [0.5, 0.6) is 0 Å². The van der Waals surface area contributed by atoms with Crippen LogP contribution in [-0.2, 0) is 6.42 Å². The van der Waals surface area contributed by atoms with E-state index in [1.165, 1.54) is 16.2 Å². The van der Waals surface area contributed by atoms with Gasteiger partial charge < -0.3 is 4.90 Å². The molecule has 0 spiro atoms. The molecule has 2 heterocycles. The highest BCUT2D eigenvalue weighted by Crippen LogP contribution is 2.15. The smallest absolute Gasteiger partial charge is 0.172 e. The summed E-state index contributed by atoms with van der Waals surface area (Å²) < 4.78 is 0. The van der Waals surface area contributed by atoms with E-state index in [1.54, 1.807) is 0 Å². The van der Waals surface area contributed by atoms with Gasteiger partial charge in [0.25, 0.3) is 0 Å². The van der Waals surface area contributed by atoms with Crippen molar-refractivity contribution in [1.29, 1.82) is 0 Å². The molecular formula is C16H21NOS2. The molecule has 108 valence electrons. The summed E-state index contributed by atoms with van der Waals surface area (Å²) in [5.74, 6) is 0.277. The molecular weight excluding hydrogens is 286 g/mol. The van der Waals surface area contributed by atoms with E-state index in [0.29, 0.717) is 12.5 Å². The molecule has 1 unspecified atom stereocenters. The summed E-state index contributed by atoms with van der Waals surface area (Å²) in [4.78, 5) is 16.6. The van der Waals surface area contributed by atoms with Gasteiger partial charge in [-0.1, -0.05) is 12.1 Å². The maximum absolute atomic E-state index is 11.9. The van der Waals surface area contributed by atoms with Crippen molar-refractivity contribution in [2.45, 2.75) is 32.2 Å². The maximum Gasteiger partial charge on any atom is 0.172 e. The van der Waals surface area contributed by atoms with E-state index in [0.717, 1.165) is 24.3 Å². The molecule has 0 bridgehead atoms. The highest BCUT2D eigenvalue weighted by molar-refractivity contribution is 7.12. The Labute approximate surface area is 129 Å². The second-order valence-electron chi connectivity index (χ2n) is 5.12. The largest absolute Gasteiger partial charge is 0.303 e. The Balaban J connectivity index is 1.69. The minimum Gasteiger partial charge on any atom is -0.303 e. The zero-order valence-corrected chi connectivity index (χ0v) is 13.7. The fourth-order valence-electron chi connectivity index (χ4n) is 2.15. The normalized spacial score (nSPS) is 12.8. The van der Waals surface area contributed by atoms with E-state index in [2.05, 4.69) is 36.4 Å². The number of hydrogen-bond acceptors (Lipinski definition) is 4. The standard InChI is InChI=1S/C16H21NOS2/c1-13(12-14-6-4-10-19-14)17(2)9-3-7-15(18)16-8-5-11-20-16/h4-6,8,10-11,13H,3,7,9,12H2,1-2H3. The van der Waals surface area contributed by atoms with Crippen molar-refractivity contribution in [3.63, 3.8) is 0 Å². The molecule has 0 saturated heterocycles. The van der Waals surface area contributed by atoms with Gasteiger partial charge in [-0.25, -0.2) is 0 Å². The third kappa shape index (κ3) is 4.54. The first-order chi connectivity index (χ1) is 9.66. The molecule has 1 atom stereocenters. The van der Waals surface area contributed by atoms with Gasteiger partial charge in [0, 0.05) is 17.3 Å². The number of thiophene rings is 2. The lowest BCUT2D eigenvalue weighted by molar-refractivity contribution is 0.0978. The van der Waals surface area contributed by atoms with Crippen molar-refractivity contribution >= 4 is 28.5 Å². The number of hydrogen-bond donors (Lipinski definition) is 0. The van der Waals surface area contributed by atoms with E-state index >= 15 is 0 Å². The van der Waals surface area contributed by atoms with Gasteiger partial charge in [-0.15, -0.1) is 22.7 Å². The van der Waals surface area contributed by atoms with Gasteiger partial charge in [-0.3, -0.25) is 4.79 Å². The zero-order chi connectivity index (χ0) is 14.4. The average molecular weight is 307 g/mol. The third-order valence-electron chi connectivity index (χ3n) is 3.54. The van der Waals surface area contributed by atoms with Crippen molar-refractivity contribution in [2.75, 3.05) is 13.6 Å². The molecule has 0 saturated carbocycles. The molecule has 0 N–H and O–H groups in total. The van der Waals surface area contributed by atoms with Gasteiger partial charge in [-0.2, -0.15) is 0 Å². The number of likely N-dealkylation sites (N-methyl/N-ethyl adjacent to an activating group) is 1. The Morgan fingerprint density at radius 1 is 1.25 bits per heavy atom. The summed E-state index contributed by atoms with van der Waals surface area (Å²) in [6.07, 6.45) is 2.67. The van der Waals surface area contributed by atoms with Crippen molar-refractivity contribution in [3.05, 3.63) is 44.8 Å². The van der Waals surface area contributed by atoms with E-state index in [-0.39, 0.29) is 5.78 Å². The molecule has 0 aliphatic carbocycles. The van der Waals surface area contributed by atoms with Gasteiger partial charge in [0.15, 0.2) is 5.78 Å². The number of nitrogens with zero attached hydrogens (tertiary/aromatic N) is 1. The molecule has 2 aromatic heterocycles. The van der Waals surface area contributed by atoms with Crippen LogP contribution in [0.4, 0.5) is 0 Å². The SMILES string of the molecule is CC(Cc1cccs1)N(C)CCCC(=O)c1cccs1. The fourth-order valence-corrected chi connectivity index (χ4v) is 3.67. The first-order valence-electron chi connectivity index (χ1n) is 6.96. The van der Waals surface area contributed by atoms with E-state index in [4.69, 9.17) is 0 Å². The summed E-state index contributed by atoms with van der Waals surface area (Å²) in [5.41, 5.74) is 0. The summed E-state index contributed by atoms with van der Waals surface area (Å²) in [5, 5.41) is 4.09. The highest BCUT2D eigenvalue weighted by Gasteiger charge is 2.12. The molecule has 0 aliphatic heterocycles. The molecule has 0 aliphatic rings. The van der Waals surface area contributed by atoms with Crippen LogP contribution < -0.4 is 0 Å². The van der Waals surface area contributed by atoms with Gasteiger partial charge in [-0.05, 0) is 56.3 Å². The minimum atomic E-state index is 0.277. The van der Waals surface area contributed by atoms with Crippen LogP contribution >= 0.6 is 22.7 Å². The number of carbonyl (C=O) groups is 1. The number of rotatable bonds is 8. The lowest BCUT2D eigenvalue weighted by Crippen LogP contribution is -2.31. The molecule has 2 rings (SSSR count). The molecule has 0 aromatic carbocycles. The molecule has 4 heteroatoms. The number of ketones is 1. The average Bonchev–Trinajstić information content (AvgIpc) is 3.11. The van der Waals surface area contributed by atoms with Gasteiger partial charge in [0.05, 0.1) is 4.88 Å². The van der Waals surface area contributed by atoms with Gasteiger partial charge in [0.1, 0.15) is 0 Å².